The number of amides is 1. The topological polar surface area (TPSA) is 41.6 Å². The van der Waals surface area contributed by atoms with Crippen LogP contribution in [-0.4, -0.2) is 47.9 Å². The van der Waals surface area contributed by atoms with Crippen LogP contribution < -0.4 is 5.32 Å². The van der Waals surface area contributed by atoms with Crippen LogP contribution in [0, 0.1) is 16.7 Å². The summed E-state index contributed by atoms with van der Waals surface area (Å²) >= 11 is 0. The van der Waals surface area contributed by atoms with E-state index in [1.54, 1.807) is 4.90 Å². The molecule has 2 bridgehead atoms. The first-order valence-corrected chi connectivity index (χ1v) is 9.18. The minimum Gasteiger partial charge on any atom is -0.444 e. The highest BCUT2D eigenvalue weighted by molar-refractivity contribution is 5.69. The monoisotopic (exact) mass is 360 g/mol. The van der Waals surface area contributed by atoms with E-state index in [1.165, 1.54) is 0 Å². The highest BCUT2D eigenvalue weighted by atomic mass is 19.4. The van der Waals surface area contributed by atoms with Crippen LogP contribution in [-0.2, 0) is 4.74 Å². The molecule has 0 unspecified atom stereocenters. The van der Waals surface area contributed by atoms with E-state index in [4.69, 9.17) is 4.74 Å². The number of hydrogen-bond donors (Lipinski definition) is 1. The summed E-state index contributed by atoms with van der Waals surface area (Å²) in [6.07, 6.45) is -0.939. The second-order valence-electron chi connectivity index (χ2n) is 9.89. The molecule has 7 heteroatoms. The maximum absolute atomic E-state index is 13.0. The lowest BCUT2D eigenvalue weighted by Gasteiger charge is -2.75. The van der Waals surface area contributed by atoms with Crippen molar-refractivity contribution >= 4 is 6.09 Å². The Morgan fingerprint density at radius 3 is 2.16 bits per heavy atom. The van der Waals surface area contributed by atoms with Crippen molar-refractivity contribution in [1.29, 1.82) is 0 Å². The van der Waals surface area contributed by atoms with Crippen LogP contribution in [0.25, 0.3) is 0 Å². The van der Waals surface area contributed by atoms with E-state index in [9.17, 15) is 18.0 Å². The highest BCUT2D eigenvalue weighted by Crippen LogP contribution is 2.72. The van der Waals surface area contributed by atoms with Gasteiger partial charge >= 0.3 is 12.3 Å². The zero-order chi connectivity index (χ0) is 18.3. The predicted octanol–water partition coefficient (Wildman–Crippen LogP) is 3.71. The molecule has 0 aromatic carbocycles. The average molecular weight is 360 g/mol. The lowest BCUT2D eigenvalue weighted by molar-refractivity contribution is -0.227. The Bertz CT molecular complexity index is 566. The van der Waals surface area contributed by atoms with Crippen LogP contribution in [0.15, 0.2) is 0 Å². The molecule has 5 fully saturated rings. The van der Waals surface area contributed by atoms with Gasteiger partial charge < -0.3 is 15.0 Å². The maximum atomic E-state index is 13.0. The summed E-state index contributed by atoms with van der Waals surface area (Å²) in [7, 11) is 0. The molecule has 4 nitrogen and oxygen atoms in total. The van der Waals surface area contributed by atoms with E-state index in [0.29, 0.717) is 5.92 Å². The van der Waals surface area contributed by atoms with Crippen LogP contribution in [0.4, 0.5) is 18.0 Å². The summed E-state index contributed by atoms with van der Waals surface area (Å²) in [6, 6.07) is 0. The van der Waals surface area contributed by atoms with Crippen molar-refractivity contribution in [3.63, 3.8) is 0 Å². The molecule has 1 N–H and O–H groups in total. The molecule has 0 aromatic rings. The summed E-state index contributed by atoms with van der Waals surface area (Å²) < 4.78 is 44.4. The molecule has 25 heavy (non-hydrogen) atoms. The molecule has 5 aliphatic rings. The quantitative estimate of drug-likeness (QED) is 0.831. The molecule has 0 spiro atoms. The van der Waals surface area contributed by atoms with Gasteiger partial charge in [-0.2, -0.15) is 13.2 Å². The van der Waals surface area contributed by atoms with Gasteiger partial charge in [0.1, 0.15) is 5.60 Å². The van der Waals surface area contributed by atoms with E-state index in [2.05, 4.69) is 5.32 Å². The smallest absolute Gasteiger partial charge is 0.410 e. The molecule has 5 rings (SSSR count). The lowest BCUT2D eigenvalue weighted by atomic mass is 9.35. The average Bonchev–Trinajstić information content (AvgIpc) is 3.04. The lowest BCUT2D eigenvalue weighted by Crippen LogP contribution is -2.79. The number of alkyl halides is 3. The molecule has 1 saturated heterocycles. The minimum absolute atomic E-state index is 0.0623. The molecule has 1 amide bonds. The number of likely N-dealkylation sites (tertiary alicyclic amines) is 1. The number of ether oxygens (including phenoxy) is 1. The summed E-state index contributed by atoms with van der Waals surface area (Å²) in [4.78, 5) is 13.7. The van der Waals surface area contributed by atoms with Crippen molar-refractivity contribution in [1.82, 2.24) is 10.2 Å². The first-order valence-electron chi connectivity index (χ1n) is 9.18. The van der Waals surface area contributed by atoms with Crippen molar-refractivity contribution in [2.75, 3.05) is 19.6 Å². The first kappa shape index (κ1) is 17.4. The van der Waals surface area contributed by atoms with Crippen molar-refractivity contribution < 1.29 is 22.7 Å². The van der Waals surface area contributed by atoms with Gasteiger partial charge in [-0.1, -0.05) is 0 Å². The van der Waals surface area contributed by atoms with Crippen LogP contribution >= 0.6 is 0 Å². The van der Waals surface area contributed by atoms with Gasteiger partial charge in [-0.3, -0.25) is 0 Å². The third-order valence-corrected chi connectivity index (χ3v) is 6.73. The van der Waals surface area contributed by atoms with Crippen molar-refractivity contribution in [2.45, 2.75) is 70.2 Å². The Hall–Kier alpha value is -0.980. The Morgan fingerprint density at radius 2 is 1.72 bits per heavy atom. The summed E-state index contributed by atoms with van der Waals surface area (Å²) in [6.45, 7) is 7.07. The number of carbonyl (C=O) groups excluding carboxylic acids is 1. The predicted molar refractivity (Wildman–Crippen MR) is 86.0 cm³/mol. The molecule has 0 atom stereocenters. The van der Waals surface area contributed by atoms with Crippen LogP contribution in [0.1, 0.15) is 52.9 Å². The van der Waals surface area contributed by atoms with E-state index >= 15 is 0 Å². The minimum atomic E-state index is -4.08. The third-order valence-electron chi connectivity index (χ3n) is 6.73. The van der Waals surface area contributed by atoms with E-state index in [0.717, 1.165) is 32.4 Å². The standard InChI is InChI=1S/C18H27F3N2O2/c1-14(2,3)25-13(24)23-6-12(7-23)15-8-17(9-15,10-15)22-11-16(4-5-16)18(19,20)21/h12,22H,4-11H2,1-3H3. The third kappa shape index (κ3) is 2.73. The number of carbonyl (C=O) groups is 1. The Kier molecular flexibility index (Phi) is 3.38. The molecule has 4 aliphatic carbocycles. The number of rotatable bonds is 4. The summed E-state index contributed by atoms with van der Waals surface area (Å²) in [5.74, 6) is 0.473. The highest BCUT2D eigenvalue weighted by Gasteiger charge is 2.73. The van der Waals surface area contributed by atoms with E-state index in [-0.39, 0.29) is 36.4 Å². The number of nitrogens with one attached hydrogen (secondary N) is 1. The Balaban J connectivity index is 1.21. The van der Waals surface area contributed by atoms with Crippen LogP contribution in [0.3, 0.4) is 0 Å². The number of hydrogen-bond acceptors (Lipinski definition) is 3. The van der Waals surface area contributed by atoms with Crippen molar-refractivity contribution in [3.05, 3.63) is 0 Å². The van der Waals surface area contributed by atoms with Gasteiger partial charge in [0.15, 0.2) is 0 Å². The Morgan fingerprint density at radius 1 is 1.16 bits per heavy atom. The van der Waals surface area contributed by atoms with Crippen LogP contribution in [0.5, 0.6) is 0 Å². The maximum Gasteiger partial charge on any atom is 0.410 e. The van der Waals surface area contributed by atoms with Crippen molar-refractivity contribution in [3.8, 4) is 0 Å². The van der Waals surface area contributed by atoms with Gasteiger partial charge in [-0.15, -0.1) is 0 Å². The van der Waals surface area contributed by atoms with Gasteiger partial charge in [0.25, 0.3) is 0 Å². The number of halogens is 3. The second-order valence-corrected chi connectivity index (χ2v) is 9.89. The van der Waals surface area contributed by atoms with Gasteiger partial charge in [-0.25, -0.2) is 4.79 Å². The largest absolute Gasteiger partial charge is 0.444 e. The molecule has 0 radical (unpaired) electrons. The van der Waals surface area contributed by atoms with Gasteiger partial charge in [-0.05, 0) is 58.3 Å². The zero-order valence-electron chi connectivity index (χ0n) is 15.1. The molecule has 1 heterocycles. The summed E-state index contributed by atoms with van der Waals surface area (Å²) in [5.41, 5.74) is -1.75. The van der Waals surface area contributed by atoms with Crippen LogP contribution in [0.2, 0.25) is 0 Å². The fourth-order valence-corrected chi connectivity index (χ4v) is 4.90. The molecular weight excluding hydrogens is 333 g/mol. The van der Waals surface area contributed by atoms with Gasteiger partial charge in [0.2, 0.25) is 0 Å². The number of nitrogens with zero attached hydrogens (tertiary/aromatic N) is 1. The molecule has 1 aliphatic heterocycles. The van der Waals surface area contributed by atoms with E-state index in [1.807, 2.05) is 20.8 Å². The Labute approximate surface area is 146 Å². The second kappa shape index (κ2) is 4.84. The normalized spacial score (nSPS) is 36.2. The van der Waals surface area contributed by atoms with E-state index < -0.39 is 17.2 Å². The zero-order valence-corrected chi connectivity index (χ0v) is 15.1. The summed E-state index contributed by atoms with van der Waals surface area (Å²) in [5, 5.41) is 3.24. The van der Waals surface area contributed by atoms with Gasteiger partial charge in [0.05, 0.1) is 5.41 Å². The van der Waals surface area contributed by atoms with Crippen molar-refractivity contribution in [2.24, 2.45) is 16.7 Å². The SMILES string of the molecule is CC(C)(C)OC(=O)N1CC(C23CC(NCC4(C(F)(F)F)CC4)(C2)C3)C1. The first-order chi connectivity index (χ1) is 11.4. The van der Waals surface area contributed by atoms with Gasteiger partial charge in [0, 0.05) is 31.1 Å². The molecule has 4 saturated carbocycles. The molecule has 0 aromatic heterocycles. The molecule has 142 valence electrons. The fourth-order valence-electron chi connectivity index (χ4n) is 4.90. The fraction of sp³-hybridized carbons (Fsp3) is 0.944. The molecular formula is C18H27F3N2O2.